The summed E-state index contributed by atoms with van der Waals surface area (Å²) in [5.74, 6) is -1.45. The van der Waals surface area contributed by atoms with Gasteiger partial charge in [-0.15, -0.1) is 0 Å². The molecule has 1 aromatic heterocycles. The molecule has 0 saturated carbocycles. The number of hydrogen-bond acceptors (Lipinski definition) is 1. The summed E-state index contributed by atoms with van der Waals surface area (Å²) in [6, 6.07) is 2.98. The van der Waals surface area contributed by atoms with Crippen molar-refractivity contribution < 1.29 is 8.78 Å². The monoisotopic (exact) mass is 224 g/mol. The molecule has 3 rings (SSSR count). The third kappa shape index (κ3) is 1.50. The fraction of sp³-hybridized carbons (Fsp3) is 0.333. The second kappa shape index (κ2) is 4.22. The first kappa shape index (κ1) is 11.1. The van der Waals surface area contributed by atoms with Crippen LogP contribution in [0.25, 0.3) is 10.9 Å². The Bertz CT molecular complexity index is 517. The van der Waals surface area contributed by atoms with Crippen LogP contribution in [0.15, 0.2) is 18.3 Å². The molecule has 16 heavy (non-hydrogen) atoms. The van der Waals surface area contributed by atoms with Crippen molar-refractivity contribution >= 4 is 10.9 Å². The Morgan fingerprint density at radius 3 is 2.81 bits per heavy atom. The van der Waals surface area contributed by atoms with Crippen molar-refractivity contribution in [3.63, 3.8) is 0 Å². The highest BCUT2D eigenvalue weighted by Gasteiger charge is 2.17. The fourth-order valence-corrected chi connectivity index (χ4v) is 2.24. The Kier molecular flexibility index (Phi) is 2.92. The smallest absolute Gasteiger partial charge is 0.168 e. The minimum Gasteiger partial charge on any atom is -0.347 e. The van der Waals surface area contributed by atoms with Crippen LogP contribution < -0.4 is 5.73 Å². The van der Waals surface area contributed by atoms with Crippen molar-refractivity contribution in [3.8, 4) is 0 Å². The second-order valence-corrected chi connectivity index (χ2v) is 3.71. The van der Waals surface area contributed by atoms with Gasteiger partial charge in [-0.05, 0) is 37.6 Å². The number of hydrogen-bond donors (Lipinski definition) is 1. The van der Waals surface area contributed by atoms with Gasteiger partial charge >= 0.3 is 0 Å². The maximum absolute atomic E-state index is 13.4. The first-order valence-corrected chi connectivity index (χ1v) is 5.31. The molecule has 0 spiro atoms. The molecular weight excluding hydrogens is 210 g/mol. The Labute approximate surface area is 92.7 Å². The van der Waals surface area contributed by atoms with E-state index in [1.165, 1.54) is 13.1 Å². The molecule has 2 aromatic rings. The Morgan fingerprint density at radius 2 is 2.06 bits per heavy atom. The Balaban J connectivity index is 0.000000457. The highest BCUT2D eigenvalue weighted by molar-refractivity contribution is 5.84. The van der Waals surface area contributed by atoms with Crippen LogP contribution in [0.3, 0.4) is 0 Å². The quantitative estimate of drug-likeness (QED) is 0.732. The SMILES string of the molecule is CN.Fc1cc2c3c(ccn3CCC2)c1F. The van der Waals surface area contributed by atoms with E-state index in [9.17, 15) is 8.78 Å². The molecule has 0 aliphatic carbocycles. The van der Waals surface area contributed by atoms with Crippen LogP contribution >= 0.6 is 0 Å². The topological polar surface area (TPSA) is 30.9 Å². The second-order valence-electron chi connectivity index (χ2n) is 3.71. The molecule has 0 bridgehead atoms. The van der Waals surface area contributed by atoms with Gasteiger partial charge < -0.3 is 10.3 Å². The first-order chi connectivity index (χ1) is 7.77. The molecule has 2 N–H and O–H groups in total. The van der Waals surface area contributed by atoms with Crippen LogP contribution in [0.2, 0.25) is 0 Å². The number of rotatable bonds is 0. The normalized spacial score (nSPS) is 13.5. The van der Waals surface area contributed by atoms with Crippen molar-refractivity contribution in [2.75, 3.05) is 7.05 Å². The van der Waals surface area contributed by atoms with E-state index in [2.05, 4.69) is 5.73 Å². The molecule has 1 aliphatic rings. The zero-order chi connectivity index (χ0) is 11.7. The van der Waals surface area contributed by atoms with E-state index in [-0.39, 0.29) is 0 Å². The summed E-state index contributed by atoms with van der Waals surface area (Å²) in [7, 11) is 1.50. The molecule has 0 fully saturated rings. The average molecular weight is 224 g/mol. The molecule has 4 heteroatoms. The molecule has 1 aromatic carbocycles. The number of aromatic nitrogens is 1. The molecule has 0 saturated heterocycles. The van der Waals surface area contributed by atoms with E-state index in [0.717, 1.165) is 30.5 Å². The zero-order valence-electron chi connectivity index (χ0n) is 9.13. The Hall–Kier alpha value is -1.42. The van der Waals surface area contributed by atoms with Crippen LogP contribution in [-0.4, -0.2) is 11.6 Å². The van der Waals surface area contributed by atoms with Crippen molar-refractivity contribution in [2.24, 2.45) is 5.73 Å². The number of nitrogens with two attached hydrogens (primary N) is 1. The number of halogens is 2. The van der Waals surface area contributed by atoms with Gasteiger partial charge in [0.1, 0.15) is 0 Å². The summed E-state index contributed by atoms with van der Waals surface area (Å²) in [4.78, 5) is 0. The summed E-state index contributed by atoms with van der Waals surface area (Å²) in [5.41, 5.74) is 6.30. The molecule has 86 valence electrons. The molecule has 0 amide bonds. The molecular formula is C12H14F2N2. The maximum atomic E-state index is 13.4. The van der Waals surface area contributed by atoms with E-state index in [1.807, 2.05) is 10.8 Å². The van der Waals surface area contributed by atoms with Crippen LogP contribution in [0, 0.1) is 11.6 Å². The highest BCUT2D eigenvalue weighted by atomic mass is 19.2. The van der Waals surface area contributed by atoms with Gasteiger partial charge in [-0.1, -0.05) is 0 Å². The van der Waals surface area contributed by atoms with Crippen LogP contribution in [0.1, 0.15) is 12.0 Å². The molecule has 0 unspecified atom stereocenters. The molecule has 0 radical (unpaired) electrons. The zero-order valence-corrected chi connectivity index (χ0v) is 9.13. The summed E-state index contributed by atoms with van der Waals surface area (Å²) < 4.78 is 28.5. The minimum absolute atomic E-state index is 0.416. The molecule has 2 heterocycles. The van der Waals surface area contributed by atoms with Crippen molar-refractivity contribution in [3.05, 3.63) is 35.5 Å². The predicted molar refractivity (Wildman–Crippen MR) is 60.3 cm³/mol. The van der Waals surface area contributed by atoms with Crippen LogP contribution in [0.4, 0.5) is 8.78 Å². The van der Waals surface area contributed by atoms with Gasteiger partial charge in [0, 0.05) is 18.1 Å². The van der Waals surface area contributed by atoms with Crippen molar-refractivity contribution in [2.45, 2.75) is 19.4 Å². The summed E-state index contributed by atoms with van der Waals surface area (Å²) in [6.45, 7) is 0.904. The van der Waals surface area contributed by atoms with Crippen LogP contribution in [0.5, 0.6) is 0 Å². The lowest BCUT2D eigenvalue weighted by Crippen LogP contribution is -2.07. The minimum atomic E-state index is -0.729. The van der Waals surface area contributed by atoms with E-state index in [1.54, 1.807) is 6.07 Å². The van der Waals surface area contributed by atoms with Gasteiger partial charge in [0.25, 0.3) is 0 Å². The largest absolute Gasteiger partial charge is 0.347 e. The third-order valence-electron chi connectivity index (χ3n) is 2.86. The van der Waals surface area contributed by atoms with Gasteiger partial charge in [0.2, 0.25) is 0 Å². The Morgan fingerprint density at radius 1 is 1.31 bits per heavy atom. The van der Waals surface area contributed by atoms with Gasteiger partial charge in [-0.2, -0.15) is 0 Å². The fourth-order valence-electron chi connectivity index (χ4n) is 2.24. The standard InChI is InChI=1S/C11H9F2N.CH5N/c12-9-6-7-2-1-4-14-5-3-8(10(9)13)11(7)14;1-2/h3,5-6H,1-2,4H2;2H2,1H3. The number of nitrogens with zero attached hydrogens (tertiary/aromatic N) is 1. The first-order valence-electron chi connectivity index (χ1n) is 5.31. The third-order valence-corrected chi connectivity index (χ3v) is 2.86. The van der Waals surface area contributed by atoms with Crippen LogP contribution in [-0.2, 0) is 13.0 Å². The van der Waals surface area contributed by atoms with Gasteiger partial charge in [0.05, 0.1) is 5.52 Å². The van der Waals surface area contributed by atoms with Gasteiger partial charge in [-0.25, -0.2) is 8.78 Å². The highest BCUT2D eigenvalue weighted by Crippen LogP contribution is 2.29. The van der Waals surface area contributed by atoms with Crippen molar-refractivity contribution in [1.29, 1.82) is 0 Å². The van der Waals surface area contributed by atoms with E-state index in [4.69, 9.17) is 0 Å². The van der Waals surface area contributed by atoms with Gasteiger partial charge in [-0.3, -0.25) is 0 Å². The molecule has 1 aliphatic heterocycles. The summed E-state index contributed by atoms with van der Waals surface area (Å²) in [6.07, 6.45) is 3.68. The number of aryl methyl sites for hydroxylation is 2. The average Bonchev–Trinajstić information content (AvgIpc) is 2.74. The lowest BCUT2D eigenvalue weighted by Gasteiger charge is -2.15. The summed E-state index contributed by atoms with van der Waals surface area (Å²) in [5, 5.41) is 0.416. The van der Waals surface area contributed by atoms with E-state index in [0.29, 0.717) is 5.39 Å². The van der Waals surface area contributed by atoms with E-state index >= 15 is 0 Å². The lowest BCUT2D eigenvalue weighted by atomic mass is 10.0. The lowest BCUT2D eigenvalue weighted by molar-refractivity contribution is 0.513. The predicted octanol–water partition coefficient (Wildman–Crippen LogP) is 2.44. The van der Waals surface area contributed by atoms with Gasteiger partial charge in [0.15, 0.2) is 11.6 Å². The maximum Gasteiger partial charge on any atom is 0.168 e. The van der Waals surface area contributed by atoms with Crippen molar-refractivity contribution in [1.82, 2.24) is 4.57 Å². The molecule has 0 atom stereocenters. The summed E-state index contributed by atoms with van der Waals surface area (Å²) >= 11 is 0. The number of benzene rings is 1. The van der Waals surface area contributed by atoms with E-state index < -0.39 is 11.6 Å². The molecule has 2 nitrogen and oxygen atoms in total.